The summed E-state index contributed by atoms with van der Waals surface area (Å²) >= 11 is 0. The van der Waals surface area contributed by atoms with Crippen LogP contribution < -0.4 is 0 Å². The molecule has 1 rings (SSSR count). The summed E-state index contributed by atoms with van der Waals surface area (Å²) in [5.74, 6) is -2.06. The summed E-state index contributed by atoms with van der Waals surface area (Å²) in [5, 5.41) is 0. The van der Waals surface area contributed by atoms with Crippen LogP contribution in [0.3, 0.4) is 0 Å². The largest absolute Gasteiger partial charge is 0.391 e. The van der Waals surface area contributed by atoms with Crippen molar-refractivity contribution in [1.29, 1.82) is 0 Å². The maximum absolute atomic E-state index is 12.2. The minimum atomic E-state index is -4.18. The molecular formula is C8H13F3O3S. The van der Waals surface area contributed by atoms with Crippen LogP contribution in [0.25, 0.3) is 0 Å². The van der Waals surface area contributed by atoms with Gasteiger partial charge in [-0.05, 0) is 31.6 Å². The third-order valence-corrected chi connectivity index (χ3v) is 3.65. The van der Waals surface area contributed by atoms with Crippen LogP contribution in [0.5, 0.6) is 0 Å². The lowest BCUT2D eigenvalue weighted by Crippen LogP contribution is -2.29. The van der Waals surface area contributed by atoms with E-state index in [9.17, 15) is 21.6 Å². The van der Waals surface area contributed by atoms with Crippen molar-refractivity contribution >= 4 is 10.1 Å². The molecular weight excluding hydrogens is 233 g/mol. The fourth-order valence-corrected chi connectivity index (χ4v) is 2.88. The molecule has 0 atom stereocenters. The molecule has 3 nitrogen and oxygen atoms in total. The molecule has 1 N–H and O–H groups in total. The molecule has 0 aromatic rings. The number of hydrogen-bond acceptors (Lipinski definition) is 2. The van der Waals surface area contributed by atoms with Crippen LogP contribution in [0, 0.1) is 11.8 Å². The molecule has 0 unspecified atom stereocenters. The summed E-state index contributed by atoms with van der Waals surface area (Å²) < 4.78 is 66.3. The number of alkyl halides is 3. The van der Waals surface area contributed by atoms with E-state index in [0.29, 0.717) is 0 Å². The van der Waals surface area contributed by atoms with E-state index in [1.54, 1.807) is 0 Å². The van der Waals surface area contributed by atoms with Gasteiger partial charge in [0, 0.05) is 0 Å². The monoisotopic (exact) mass is 246 g/mol. The Balaban J connectivity index is 2.43. The van der Waals surface area contributed by atoms with E-state index >= 15 is 0 Å². The van der Waals surface area contributed by atoms with Gasteiger partial charge >= 0.3 is 6.18 Å². The van der Waals surface area contributed by atoms with Crippen molar-refractivity contribution in [2.75, 3.05) is 5.75 Å². The Kier molecular flexibility index (Phi) is 3.65. The van der Waals surface area contributed by atoms with Gasteiger partial charge in [-0.15, -0.1) is 0 Å². The molecule has 0 spiro atoms. The highest BCUT2D eigenvalue weighted by Gasteiger charge is 2.41. The molecule has 15 heavy (non-hydrogen) atoms. The summed E-state index contributed by atoms with van der Waals surface area (Å²) in [6.07, 6.45) is -3.83. The van der Waals surface area contributed by atoms with E-state index in [1.807, 2.05) is 0 Å². The molecule has 0 aromatic heterocycles. The Hall–Kier alpha value is -0.300. The fraction of sp³-hybridized carbons (Fsp3) is 1.00. The van der Waals surface area contributed by atoms with Crippen molar-refractivity contribution in [2.24, 2.45) is 11.8 Å². The molecule has 1 aliphatic carbocycles. The molecule has 7 heteroatoms. The zero-order chi connectivity index (χ0) is 11.7. The van der Waals surface area contributed by atoms with E-state index < -0.39 is 28.0 Å². The summed E-state index contributed by atoms with van der Waals surface area (Å²) in [7, 11) is -4.06. The highest BCUT2D eigenvalue weighted by atomic mass is 32.2. The van der Waals surface area contributed by atoms with Crippen molar-refractivity contribution in [3.63, 3.8) is 0 Å². The summed E-state index contributed by atoms with van der Waals surface area (Å²) in [5.41, 5.74) is 0. The lowest BCUT2D eigenvalue weighted by Gasteiger charge is -2.29. The molecule has 0 amide bonds. The van der Waals surface area contributed by atoms with E-state index in [-0.39, 0.29) is 31.6 Å². The minimum absolute atomic E-state index is 0.0380. The van der Waals surface area contributed by atoms with Gasteiger partial charge in [-0.2, -0.15) is 21.6 Å². The van der Waals surface area contributed by atoms with Crippen LogP contribution in [0.1, 0.15) is 25.7 Å². The van der Waals surface area contributed by atoms with E-state index in [4.69, 9.17) is 4.55 Å². The first-order chi connectivity index (χ1) is 6.68. The van der Waals surface area contributed by atoms with E-state index in [0.717, 1.165) is 0 Å². The predicted octanol–water partition coefficient (Wildman–Crippen LogP) is 2.24. The summed E-state index contributed by atoms with van der Waals surface area (Å²) in [6.45, 7) is 0. The second kappa shape index (κ2) is 4.29. The third-order valence-electron chi connectivity index (χ3n) is 2.76. The first-order valence-electron chi connectivity index (χ1n) is 4.70. The van der Waals surface area contributed by atoms with Crippen LogP contribution >= 0.6 is 0 Å². The van der Waals surface area contributed by atoms with Crippen molar-refractivity contribution in [3.05, 3.63) is 0 Å². The normalized spacial score (nSPS) is 29.1. The molecule has 0 aromatic carbocycles. The highest BCUT2D eigenvalue weighted by molar-refractivity contribution is 7.85. The lowest BCUT2D eigenvalue weighted by atomic mass is 9.82. The molecule has 0 bridgehead atoms. The van der Waals surface area contributed by atoms with Crippen LogP contribution in [-0.2, 0) is 10.1 Å². The average molecular weight is 246 g/mol. The number of rotatable bonds is 2. The number of halogens is 3. The molecule has 1 aliphatic rings. The molecule has 1 saturated carbocycles. The molecule has 90 valence electrons. The van der Waals surface area contributed by atoms with Gasteiger partial charge < -0.3 is 0 Å². The molecule has 0 radical (unpaired) electrons. The van der Waals surface area contributed by atoms with Gasteiger partial charge in [-0.1, -0.05) is 0 Å². The predicted molar refractivity (Wildman–Crippen MR) is 47.9 cm³/mol. The van der Waals surface area contributed by atoms with Crippen molar-refractivity contribution in [3.8, 4) is 0 Å². The Bertz CT molecular complexity index is 302. The Labute approximate surface area is 86.4 Å². The first-order valence-corrected chi connectivity index (χ1v) is 6.31. The van der Waals surface area contributed by atoms with Crippen LogP contribution in [0.2, 0.25) is 0 Å². The Morgan fingerprint density at radius 1 is 1.13 bits per heavy atom. The van der Waals surface area contributed by atoms with Gasteiger partial charge in [0.2, 0.25) is 0 Å². The molecule has 1 fully saturated rings. The van der Waals surface area contributed by atoms with Gasteiger partial charge in [0.25, 0.3) is 10.1 Å². The SMILES string of the molecule is O=S(=O)(O)C[C@H]1CC[C@H](C(F)(F)F)CC1. The van der Waals surface area contributed by atoms with Crippen molar-refractivity contribution in [2.45, 2.75) is 31.9 Å². The minimum Gasteiger partial charge on any atom is -0.286 e. The fourth-order valence-electron chi connectivity index (χ4n) is 1.95. The zero-order valence-electron chi connectivity index (χ0n) is 8.00. The van der Waals surface area contributed by atoms with E-state index in [1.165, 1.54) is 0 Å². The quantitative estimate of drug-likeness (QED) is 0.760. The average Bonchev–Trinajstić information content (AvgIpc) is 2.00. The maximum atomic E-state index is 12.2. The van der Waals surface area contributed by atoms with Crippen LogP contribution in [0.4, 0.5) is 13.2 Å². The van der Waals surface area contributed by atoms with E-state index in [2.05, 4.69) is 0 Å². The van der Waals surface area contributed by atoms with Crippen molar-refractivity contribution in [1.82, 2.24) is 0 Å². The van der Waals surface area contributed by atoms with Crippen molar-refractivity contribution < 1.29 is 26.1 Å². The zero-order valence-corrected chi connectivity index (χ0v) is 8.81. The van der Waals surface area contributed by atoms with Gasteiger partial charge in [0.05, 0.1) is 11.7 Å². The van der Waals surface area contributed by atoms with Crippen LogP contribution in [0.15, 0.2) is 0 Å². The Morgan fingerprint density at radius 3 is 1.93 bits per heavy atom. The van der Waals surface area contributed by atoms with Gasteiger partial charge in [-0.25, -0.2) is 0 Å². The highest BCUT2D eigenvalue weighted by Crippen LogP contribution is 2.39. The smallest absolute Gasteiger partial charge is 0.286 e. The standard InChI is InChI=1S/C8H13F3O3S/c9-8(10,11)7-3-1-6(2-4-7)5-15(12,13)14/h6-7H,1-5H2,(H,12,13,14)/t6-,7-. The number of hydrogen-bond donors (Lipinski definition) is 1. The van der Waals surface area contributed by atoms with Gasteiger partial charge in [0.1, 0.15) is 0 Å². The summed E-state index contributed by atoms with van der Waals surface area (Å²) in [4.78, 5) is 0. The second-order valence-corrected chi connectivity index (χ2v) is 5.51. The molecule has 0 saturated heterocycles. The maximum Gasteiger partial charge on any atom is 0.391 e. The lowest BCUT2D eigenvalue weighted by molar-refractivity contribution is -0.183. The molecule has 0 heterocycles. The van der Waals surface area contributed by atoms with Gasteiger partial charge in [0.15, 0.2) is 0 Å². The summed E-state index contributed by atoms with van der Waals surface area (Å²) in [6, 6.07) is 0. The third kappa shape index (κ3) is 4.38. The Morgan fingerprint density at radius 2 is 1.60 bits per heavy atom. The second-order valence-electron chi connectivity index (χ2n) is 4.01. The molecule has 0 aliphatic heterocycles. The first kappa shape index (κ1) is 12.8. The topological polar surface area (TPSA) is 54.4 Å². The van der Waals surface area contributed by atoms with Crippen LogP contribution in [-0.4, -0.2) is 24.9 Å². The van der Waals surface area contributed by atoms with Gasteiger partial charge in [-0.3, -0.25) is 4.55 Å².